The number of halogens is 1. The van der Waals surface area contributed by atoms with Crippen molar-refractivity contribution in [2.45, 2.75) is 32.4 Å². The molecule has 2 atom stereocenters. The van der Waals surface area contributed by atoms with Crippen molar-refractivity contribution in [3.05, 3.63) is 70.2 Å². The number of carbonyl (C=O) groups is 2. The fraction of sp³-hybridized carbons (Fsp3) is 0.440. The normalized spacial score (nSPS) is 12.8. The van der Waals surface area contributed by atoms with E-state index in [4.69, 9.17) is 16.3 Å². The molecule has 0 heterocycles. The van der Waals surface area contributed by atoms with Crippen LogP contribution in [0.3, 0.4) is 0 Å². The second kappa shape index (κ2) is 13.8. The van der Waals surface area contributed by atoms with Crippen molar-refractivity contribution in [1.29, 1.82) is 0 Å². The Morgan fingerprint density at radius 2 is 1.73 bits per heavy atom. The first-order chi connectivity index (χ1) is 15.8. The van der Waals surface area contributed by atoms with Crippen LogP contribution in [0.5, 0.6) is 0 Å². The van der Waals surface area contributed by atoms with Crippen molar-refractivity contribution >= 4 is 23.6 Å². The van der Waals surface area contributed by atoms with Crippen LogP contribution in [-0.2, 0) is 9.47 Å². The molecule has 2 amide bonds. The van der Waals surface area contributed by atoms with Crippen LogP contribution >= 0.6 is 11.6 Å². The lowest BCUT2D eigenvalue weighted by atomic mass is 9.99. The minimum Gasteiger partial charge on any atom is -0.453 e. The second-order valence-electron chi connectivity index (χ2n) is 8.17. The van der Waals surface area contributed by atoms with Crippen LogP contribution in [0.15, 0.2) is 48.5 Å². The molecule has 1 unspecified atom stereocenters. The highest BCUT2D eigenvalue weighted by molar-refractivity contribution is 6.30. The number of amides is 2. The lowest BCUT2D eigenvalue weighted by molar-refractivity contribution is 0.0804. The number of rotatable bonds is 12. The number of ether oxygens (including phenoxy) is 2. The number of alkyl carbamates (subject to hydrolysis) is 1. The average Bonchev–Trinajstić information content (AvgIpc) is 2.81. The molecule has 8 heteroatoms. The average molecular weight is 476 g/mol. The fourth-order valence-corrected chi connectivity index (χ4v) is 3.69. The van der Waals surface area contributed by atoms with Crippen LogP contribution in [0, 0.1) is 5.92 Å². The van der Waals surface area contributed by atoms with Crippen LogP contribution in [0.4, 0.5) is 4.79 Å². The van der Waals surface area contributed by atoms with Gasteiger partial charge >= 0.3 is 6.09 Å². The van der Waals surface area contributed by atoms with Crippen LogP contribution in [0.1, 0.15) is 47.9 Å². The molecule has 2 rings (SSSR count). The monoisotopic (exact) mass is 475 g/mol. The highest BCUT2D eigenvalue weighted by Gasteiger charge is 2.18. The third-order valence-corrected chi connectivity index (χ3v) is 5.35. The standard InChI is InChI=1S/C25H34ClN3O4/c1-17(2)13-22(27-3)16-29-24(30)20-9-5-7-18(14-20)23(19-8-6-10-21(26)15-19)33-12-11-28-25(31)32-4/h5-10,14-15,17,22-23,27H,11-13,16H2,1-4H3,(H,28,31)(H,29,30)/t22-,23?/m0/s1. The third-order valence-electron chi connectivity index (χ3n) is 5.12. The Morgan fingerprint density at radius 1 is 1.03 bits per heavy atom. The summed E-state index contributed by atoms with van der Waals surface area (Å²) < 4.78 is 10.7. The Bertz CT molecular complexity index is 907. The van der Waals surface area contributed by atoms with E-state index in [0.29, 0.717) is 23.0 Å². The SMILES string of the molecule is CN[C@H](CNC(=O)c1cccc(C(OCCNC(=O)OC)c2cccc(Cl)c2)c1)CC(C)C. The number of likely N-dealkylation sites (N-methyl/N-ethyl adjacent to an activating group) is 1. The zero-order chi connectivity index (χ0) is 24.2. The van der Waals surface area contributed by atoms with Crippen molar-refractivity contribution < 1.29 is 19.1 Å². The largest absolute Gasteiger partial charge is 0.453 e. The molecule has 0 saturated heterocycles. The molecule has 0 aliphatic carbocycles. The van der Waals surface area contributed by atoms with Gasteiger partial charge in [0, 0.05) is 29.7 Å². The van der Waals surface area contributed by atoms with Crippen LogP contribution in [0.2, 0.25) is 5.02 Å². The summed E-state index contributed by atoms with van der Waals surface area (Å²) in [6, 6.07) is 14.9. The molecular formula is C25H34ClN3O4. The highest BCUT2D eigenvalue weighted by Crippen LogP contribution is 2.28. The lowest BCUT2D eigenvalue weighted by Crippen LogP contribution is -2.40. The van der Waals surface area contributed by atoms with Crippen LogP contribution in [-0.4, -0.2) is 51.9 Å². The maximum absolute atomic E-state index is 12.8. The van der Waals surface area contributed by atoms with E-state index in [1.54, 1.807) is 12.1 Å². The first-order valence-corrected chi connectivity index (χ1v) is 11.5. The molecule has 0 bridgehead atoms. The first-order valence-electron chi connectivity index (χ1n) is 11.1. The minimum absolute atomic E-state index is 0.141. The van der Waals surface area contributed by atoms with Crippen molar-refractivity contribution in [2.75, 3.05) is 33.9 Å². The van der Waals surface area contributed by atoms with Gasteiger partial charge in [-0.2, -0.15) is 0 Å². The van der Waals surface area contributed by atoms with Crippen molar-refractivity contribution in [3.8, 4) is 0 Å². The van der Waals surface area contributed by atoms with Gasteiger partial charge in [-0.25, -0.2) is 4.79 Å². The summed E-state index contributed by atoms with van der Waals surface area (Å²) >= 11 is 6.20. The molecule has 0 fully saturated rings. The molecule has 0 spiro atoms. The molecule has 0 radical (unpaired) electrons. The quantitative estimate of drug-likeness (QED) is 0.401. The van der Waals surface area contributed by atoms with Gasteiger partial charge in [-0.3, -0.25) is 4.79 Å². The van der Waals surface area contributed by atoms with E-state index >= 15 is 0 Å². The van der Waals surface area contributed by atoms with Gasteiger partial charge in [0.15, 0.2) is 0 Å². The van der Waals surface area contributed by atoms with Gasteiger partial charge in [0.2, 0.25) is 0 Å². The van der Waals surface area contributed by atoms with Crippen LogP contribution < -0.4 is 16.0 Å². The topological polar surface area (TPSA) is 88.7 Å². The van der Waals surface area contributed by atoms with E-state index < -0.39 is 12.2 Å². The van der Waals surface area contributed by atoms with Gasteiger partial charge in [0.25, 0.3) is 5.91 Å². The van der Waals surface area contributed by atoms with E-state index in [0.717, 1.165) is 17.5 Å². The molecule has 7 nitrogen and oxygen atoms in total. The number of nitrogens with one attached hydrogen (secondary N) is 3. The maximum atomic E-state index is 12.8. The Labute approximate surface area is 201 Å². The molecule has 0 aliphatic heterocycles. The predicted octanol–water partition coefficient (Wildman–Crippen LogP) is 4.17. The zero-order valence-corrected chi connectivity index (χ0v) is 20.4. The molecule has 33 heavy (non-hydrogen) atoms. The van der Waals surface area contributed by atoms with Gasteiger partial charge in [-0.15, -0.1) is 0 Å². The molecule has 2 aromatic rings. The summed E-state index contributed by atoms with van der Waals surface area (Å²) in [6.45, 7) is 5.40. The maximum Gasteiger partial charge on any atom is 0.406 e. The molecular weight excluding hydrogens is 442 g/mol. The minimum atomic E-state index is -0.520. The molecule has 0 aromatic heterocycles. The van der Waals surface area contributed by atoms with Gasteiger partial charge in [0.05, 0.1) is 13.7 Å². The molecule has 0 saturated carbocycles. The Balaban J connectivity index is 2.15. The van der Waals surface area contributed by atoms with Crippen molar-refractivity contribution in [1.82, 2.24) is 16.0 Å². The van der Waals surface area contributed by atoms with E-state index in [-0.39, 0.29) is 25.1 Å². The van der Waals surface area contributed by atoms with Crippen LogP contribution in [0.25, 0.3) is 0 Å². The predicted molar refractivity (Wildman–Crippen MR) is 131 cm³/mol. The summed E-state index contributed by atoms with van der Waals surface area (Å²) in [5.41, 5.74) is 2.22. The lowest BCUT2D eigenvalue weighted by Gasteiger charge is -2.21. The summed E-state index contributed by atoms with van der Waals surface area (Å²) in [6.07, 6.45) is -0.00278. The Morgan fingerprint density at radius 3 is 2.36 bits per heavy atom. The molecule has 2 aromatic carbocycles. The summed E-state index contributed by atoms with van der Waals surface area (Å²) in [5, 5.41) is 9.45. The number of carbonyl (C=O) groups excluding carboxylic acids is 2. The zero-order valence-electron chi connectivity index (χ0n) is 19.7. The first kappa shape index (κ1) is 26.6. The number of benzene rings is 2. The van der Waals surface area contributed by atoms with E-state index in [2.05, 4.69) is 34.5 Å². The fourth-order valence-electron chi connectivity index (χ4n) is 3.49. The van der Waals surface area contributed by atoms with Gasteiger partial charge < -0.3 is 25.4 Å². The van der Waals surface area contributed by atoms with Gasteiger partial charge in [-0.05, 0) is 54.8 Å². The van der Waals surface area contributed by atoms with Crippen molar-refractivity contribution in [2.24, 2.45) is 5.92 Å². The van der Waals surface area contributed by atoms with E-state index in [1.807, 2.05) is 43.4 Å². The Kier molecular flexibility index (Phi) is 11.2. The van der Waals surface area contributed by atoms with Gasteiger partial charge in [0.1, 0.15) is 6.10 Å². The second-order valence-corrected chi connectivity index (χ2v) is 8.61. The summed E-state index contributed by atoms with van der Waals surface area (Å²) in [4.78, 5) is 24.1. The highest BCUT2D eigenvalue weighted by atomic mass is 35.5. The molecule has 3 N–H and O–H groups in total. The third kappa shape index (κ3) is 9.04. The number of methoxy groups -OCH3 is 1. The Hall–Kier alpha value is -2.61. The molecule has 0 aliphatic rings. The van der Waals surface area contributed by atoms with Crippen molar-refractivity contribution in [3.63, 3.8) is 0 Å². The summed E-state index contributed by atoms with van der Waals surface area (Å²) in [5.74, 6) is 0.394. The number of hydrogen-bond donors (Lipinski definition) is 3. The number of hydrogen-bond acceptors (Lipinski definition) is 5. The summed E-state index contributed by atoms with van der Waals surface area (Å²) in [7, 11) is 3.21. The van der Waals surface area contributed by atoms with E-state index in [1.165, 1.54) is 7.11 Å². The molecule has 180 valence electrons. The van der Waals surface area contributed by atoms with Gasteiger partial charge in [-0.1, -0.05) is 49.7 Å². The van der Waals surface area contributed by atoms with E-state index in [9.17, 15) is 9.59 Å². The smallest absolute Gasteiger partial charge is 0.406 e.